The highest BCUT2D eigenvalue weighted by molar-refractivity contribution is 14.0. The second kappa shape index (κ2) is 11.1. The Morgan fingerprint density at radius 3 is 2.68 bits per heavy atom. The molecule has 2 aromatic heterocycles. The van der Waals surface area contributed by atoms with Gasteiger partial charge in [-0.3, -0.25) is 14.9 Å². The molecule has 0 atom stereocenters. The van der Waals surface area contributed by atoms with Gasteiger partial charge in [0.2, 0.25) is 0 Å². The van der Waals surface area contributed by atoms with Crippen LogP contribution in [0.25, 0.3) is 0 Å². The quantitative estimate of drug-likeness (QED) is 0.275. The van der Waals surface area contributed by atoms with Crippen molar-refractivity contribution < 1.29 is 9.21 Å². The van der Waals surface area contributed by atoms with E-state index in [2.05, 4.69) is 27.3 Å². The Morgan fingerprint density at radius 2 is 2.07 bits per heavy atom. The summed E-state index contributed by atoms with van der Waals surface area (Å²) >= 11 is 0. The van der Waals surface area contributed by atoms with Crippen molar-refractivity contribution in [3.8, 4) is 0 Å². The molecule has 1 aliphatic heterocycles. The Bertz CT molecular complexity index is 750. The van der Waals surface area contributed by atoms with Gasteiger partial charge in [-0.15, -0.1) is 24.0 Å². The van der Waals surface area contributed by atoms with E-state index in [1.54, 1.807) is 12.1 Å². The summed E-state index contributed by atoms with van der Waals surface area (Å²) in [7, 11) is 0. The van der Waals surface area contributed by atoms with E-state index in [9.17, 15) is 4.79 Å². The number of rotatable bonds is 6. The fourth-order valence-corrected chi connectivity index (χ4v) is 3.19. The van der Waals surface area contributed by atoms with Crippen LogP contribution in [0.1, 0.15) is 35.2 Å². The number of hydrogen-bond acceptors (Lipinski definition) is 4. The van der Waals surface area contributed by atoms with Crippen molar-refractivity contribution in [1.29, 1.82) is 0 Å². The van der Waals surface area contributed by atoms with Crippen molar-refractivity contribution in [1.82, 2.24) is 25.3 Å². The molecule has 1 amide bonds. The minimum absolute atomic E-state index is 0. The zero-order valence-electron chi connectivity index (χ0n) is 16.5. The highest BCUT2D eigenvalue weighted by Crippen LogP contribution is 2.10. The number of carbonyl (C=O) groups is 1. The fraction of sp³-hybridized carbons (Fsp3) is 0.526. The van der Waals surface area contributed by atoms with Gasteiger partial charge in [0.1, 0.15) is 0 Å². The smallest absolute Gasteiger partial charge is 0.289 e. The predicted octanol–water partition coefficient (Wildman–Crippen LogP) is 2.29. The summed E-state index contributed by atoms with van der Waals surface area (Å²) in [6.45, 7) is 8.55. The van der Waals surface area contributed by atoms with Crippen molar-refractivity contribution in [2.45, 2.75) is 26.7 Å². The highest BCUT2D eigenvalue weighted by Gasteiger charge is 2.25. The number of amides is 1. The van der Waals surface area contributed by atoms with Gasteiger partial charge in [-0.25, -0.2) is 0 Å². The number of piperazine rings is 1. The van der Waals surface area contributed by atoms with E-state index < -0.39 is 0 Å². The molecule has 0 saturated carbocycles. The standard InChI is InChI=1S/C19H28N6O2.HI/c1-3-20-19(21-8-4-6-16-14-22-23-15(16)2)25-11-9-24(10-12-25)18(26)17-7-5-13-27-17;/h5,7,13-14H,3-4,6,8-12H2,1-2H3,(H,20,21)(H,22,23);1H. The summed E-state index contributed by atoms with van der Waals surface area (Å²) < 4.78 is 5.22. The molecule has 1 saturated heterocycles. The van der Waals surface area contributed by atoms with Gasteiger partial charge in [0, 0.05) is 45.0 Å². The van der Waals surface area contributed by atoms with Crippen molar-refractivity contribution in [3.05, 3.63) is 41.6 Å². The van der Waals surface area contributed by atoms with Gasteiger partial charge in [0.05, 0.1) is 12.5 Å². The molecule has 0 spiro atoms. The molecule has 0 unspecified atom stereocenters. The van der Waals surface area contributed by atoms with E-state index in [1.807, 2.05) is 18.0 Å². The molecule has 154 valence electrons. The average molecular weight is 500 g/mol. The number of furan rings is 1. The topological polar surface area (TPSA) is 89.8 Å². The molecule has 1 aliphatic rings. The SMILES string of the molecule is CCNC(=NCCCc1cn[nH]c1C)N1CCN(C(=O)c2ccco2)CC1.I. The summed E-state index contributed by atoms with van der Waals surface area (Å²) in [6, 6.07) is 3.45. The lowest BCUT2D eigenvalue weighted by Crippen LogP contribution is -2.53. The Hall–Kier alpha value is -2.04. The van der Waals surface area contributed by atoms with Crippen molar-refractivity contribution in [2.75, 3.05) is 39.3 Å². The van der Waals surface area contributed by atoms with Crippen LogP contribution in [0.2, 0.25) is 0 Å². The Labute approximate surface area is 182 Å². The number of hydrogen-bond donors (Lipinski definition) is 2. The summed E-state index contributed by atoms with van der Waals surface area (Å²) in [4.78, 5) is 21.2. The number of nitrogens with one attached hydrogen (secondary N) is 2. The molecule has 2 N–H and O–H groups in total. The maximum Gasteiger partial charge on any atom is 0.289 e. The molecule has 3 rings (SSSR count). The Morgan fingerprint density at radius 1 is 1.32 bits per heavy atom. The first-order chi connectivity index (χ1) is 13.2. The lowest BCUT2D eigenvalue weighted by Gasteiger charge is -2.36. The highest BCUT2D eigenvalue weighted by atomic mass is 127. The van der Waals surface area contributed by atoms with E-state index in [4.69, 9.17) is 9.41 Å². The van der Waals surface area contributed by atoms with Crippen LogP contribution in [0.15, 0.2) is 34.0 Å². The zero-order chi connectivity index (χ0) is 19.1. The lowest BCUT2D eigenvalue weighted by molar-refractivity contribution is 0.0657. The number of aromatic amines is 1. The molecule has 0 bridgehead atoms. The lowest BCUT2D eigenvalue weighted by atomic mass is 10.1. The number of carbonyl (C=O) groups excluding carboxylic acids is 1. The molecule has 2 aromatic rings. The second-order valence-electron chi connectivity index (χ2n) is 6.62. The zero-order valence-corrected chi connectivity index (χ0v) is 18.8. The first-order valence-electron chi connectivity index (χ1n) is 9.54. The van der Waals surface area contributed by atoms with Crippen LogP contribution in [0.3, 0.4) is 0 Å². The van der Waals surface area contributed by atoms with Gasteiger partial charge in [-0.1, -0.05) is 0 Å². The van der Waals surface area contributed by atoms with Gasteiger partial charge >= 0.3 is 0 Å². The van der Waals surface area contributed by atoms with Gasteiger partial charge < -0.3 is 19.5 Å². The van der Waals surface area contributed by atoms with Crippen molar-refractivity contribution in [3.63, 3.8) is 0 Å². The molecule has 0 aromatic carbocycles. The maximum atomic E-state index is 12.4. The number of aliphatic imine (C=N–C) groups is 1. The fourth-order valence-electron chi connectivity index (χ4n) is 3.19. The minimum Gasteiger partial charge on any atom is -0.459 e. The summed E-state index contributed by atoms with van der Waals surface area (Å²) in [5.41, 5.74) is 2.38. The molecule has 8 nitrogen and oxygen atoms in total. The van der Waals surface area contributed by atoms with Crippen molar-refractivity contribution >= 4 is 35.8 Å². The number of guanidine groups is 1. The molecular formula is C19H29IN6O2. The average Bonchev–Trinajstić information content (AvgIpc) is 3.36. The van der Waals surface area contributed by atoms with E-state index in [0.29, 0.717) is 18.8 Å². The number of halogens is 1. The summed E-state index contributed by atoms with van der Waals surface area (Å²) in [5, 5.41) is 10.4. The first-order valence-corrected chi connectivity index (χ1v) is 9.54. The molecule has 9 heteroatoms. The first kappa shape index (κ1) is 22.3. The van der Waals surface area contributed by atoms with Crippen LogP contribution in [0, 0.1) is 6.92 Å². The molecular weight excluding hydrogens is 471 g/mol. The van der Waals surface area contributed by atoms with Crippen molar-refractivity contribution in [2.24, 2.45) is 4.99 Å². The normalized spacial score (nSPS) is 14.7. The third-order valence-corrected chi connectivity index (χ3v) is 4.73. The van der Waals surface area contributed by atoms with Gasteiger partial charge in [-0.2, -0.15) is 5.10 Å². The van der Waals surface area contributed by atoms with E-state index in [0.717, 1.165) is 50.7 Å². The van der Waals surface area contributed by atoms with E-state index in [-0.39, 0.29) is 29.9 Å². The minimum atomic E-state index is -0.0444. The predicted molar refractivity (Wildman–Crippen MR) is 119 cm³/mol. The monoisotopic (exact) mass is 500 g/mol. The summed E-state index contributed by atoms with van der Waals surface area (Å²) in [5.74, 6) is 1.28. The van der Waals surface area contributed by atoms with E-state index in [1.165, 1.54) is 11.8 Å². The third-order valence-electron chi connectivity index (χ3n) is 4.73. The molecule has 3 heterocycles. The van der Waals surface area contributed by atoms with Crippen LogP contribution in [-0.2, 0) is 6.42 Å². The van der Waals surface area contributed by atoms with Crippen LogP contribution in [-0.4, -0.2) is 71.1 Å². The van der Waals surface area contributed by atoms with Crippen LogP contribution in [0.5, 0.6) is 0 Å². The molecule has 0 aliphatic carbocycles. The maximum absolute atomic E-state index is 12.4. The number of H-pyrrole nitrogens is 1. The number of aromatic nitrogens is 2. The summed E-state index contributed by atoms with van der Waals surface area (Å²) in [6.07, 6.45) is 5.37. The number of nitrogens with zero attached hydrogens (tertiary/aromatic N) is 4. The van der Waals surface area contributed by atoms with Gasteiger partial charge in [0.15, 0.2) is 11.7 Å². The van der Waals surface area contributed by atoms with E-state index >= 15 is 0 Å². The largest absolute Gasteiger partial charge is 0.459 e. The Kier molecular flexibility index (Phi) is 8.81. The van der Waals surface area contributed by atoms with Crippen LogP contribution >= 0.6 is 24.0 Å². The molecule has 28 heavy (non-hydrogen) atoms. The van der Waals surface area contributed by atoms with Gasteiger partial charge in [0.25, 0.3) is 5.91 Å². The molecule has 1 fully saturated rings. The number of aryl methyl sites for hydroxylation is 2. The Balaban J connectivity index is 0.00000280. The van der Waals surface area contributed by atoms with Gasteiger partial charge in [-0.05, 0) is 44.4 Å². The third kappa shape index (κ3) is 5.73. The van der Waals surface area contributed by atoms with Crippen LogP contribution in [0.4, 0.5) is 0 Å². The molecule has 0 radical (unpaired) electrons. The van der Waals surface area contributed by atoms with Crippen LogP contribution < -0.4 is 5.32 Å². The second-order valence-corrected chi connectivity index (χ2v) is 6.62.